The van der Waals surface area contributed by atoms with Crippen LogP contribution in [0.15, 0.2) is 18.2 Å². The molecule has 1 rings (SSSR count). The van der Waals surface area contributed by atoms with E-state index in [1.54, 1.807) is 13.0 Å². The second-order valence-corrected chi connectivity index (χ2v) is 2.97. The molecule has 1 atom stereocenters. The van der Waals surface area contributed by atoms with Gasteiger partial charge in [-0.2, -0.15) is 0 Å². The molecule has 66 valence electrons. The number of benzene rings is 1. The molecule has 0 radical (unpaired) electrons. The predicted octanol–water partition coefficient (Wildman–Crippen LogP) is 2.92. The van der Waals surface area contributed by atoms with E-state index in [1.807, 2.05) is 0 Å². The number of aliphatic hydroxyl groups excluding tert-OH is 1. The van der Waals surface area contributed by atoms with E-state index in [0.717, 1.165) is 0 Å². The Hall–Kier alpha value is -0.600. The molecule has 0 aliphatic carbocycles. The first-order chi connectivity index (χ1) is 5.66. The molecule has 0 saturated carbocycles. The third-order valence-electron chi connectivity index (χ3n) is 1.72. The van der Waals surface area contributed by atoms with Crippen molar-refractivity contribution in [1.29, 1.82) is 0 Å². The molecule has 0 fully saturated rings. The molecule has 1 nitrogen and oxygen atoms in total. The molecule has 0 amide bonds. The summed E-state index contributed by atoms with van der Waals surface area (Å²) < 4.78 is 13.0. The molecule has 0 aromatic heterocycles. The second kappa shape index (κ2) is 3.87. The minimum atomic E-state index is -0.807. The molecule has 0 aliphatic rings. The first kappa shape index (κ1) is 9.49. The summed E-state index contributed by atoms with van der Waals surface area (Å²) in [5.41, 5.74) is 0.196. The molecule has 0 saturated heterocycles. The Balaban J connectivity index is 3.12. The van der Waals surface area contributed by atoms with Gasteiger partial charge in [0.2, 0.25) is 0 Å². The number of hydrogen-bond acceptors (Lipinski definition) is 1. The standard InChI is InChI=1S/C9H10ClFO/c1-2-8(12)9-6(10)4-3-5-7(9)11/h3-5,8,12H,2H2,1H3/t8-/m1/s1. The first-order valence-electron chi connectivity index (χ1n) is 3.78. The van der Waals surface area contributed by atoms with Crippen molar-refractivity contribution in [3.8, 4) is 0 Å². The highest BCUT2D eigenvalue weighted by Gasteiger charge is 2.13. The fraction of sp³-hybridized carbons (Fsp3) is 0.333. The van der Waals surface area contributed by atoms with Gasteiger partial charge in [-0.05, 0) is 18.6 Å². The van der Waals surface area contributed by atoms with Crippen molar-refractivity contribution >= 4 is 11.6 Å². The highest BCUT2D eigenvalue weighted by atomic mass is 35.5. The van der Waals surface area contributed by atoms with Gasteiger partial charge in [-0.1, -0.05) is 24.6 Å². The van der Waals surface area contributed by atoms with E-state index < -0.39 is 11.9 Å². The van der Waals surface area contributed by atoms with Crippen LogP contribution in [0.5, 0.6) is 0 Å². The van der Waals surface area contributed by atoms with Crippen molar-refractivity contribution < 1.29 is 9.50 Å². The van der Waals surface area contributed by atoms with Gasteiger partial charge in [0, 0.05) is 10.6 Å². The molecular weight excluding hydrogens is 179 g/mol. The maximum absolute atomic E-state index is 13.0. The zero-order chi connectivity index (χ0) is 9.14. The zero-order valence-electron chi connectivity index (χ0n) is 6.72. The lowest BCUT2D eigenvalue weighted by Crippen LogP contribution is -1.99. The van der Waals surface area contributed by atoms with Crippen molar-refractivity contribution in [3.05, 3.63) is 34.6 Å². The maximum Gasteiger partial charge on any atom is 0.130 e. The summed E-state index contributed by atoms with van der Waals surface area (Å²) in [5, 5.41) is 9.65. The zero-order valence-corrected chi connectivity index (χ0v) is 7.48. The van der Waals surface area contributed by atoms with Gasteiger partial charge in [-0.3, -0.25) is 0 Å². The van der Waals surface area contributed by atoms with Crippen molar-refractivity contribution in [1.82, 2.24) is 0 Å². The fourth-order valence-electron chi connectivity index (χ4n) is 1.03. The Morgan fingerprint density at radius 2 is 2.25 bits per heavy atom. The second-order valence-electron chi connectivity index (χ2n) is 2.56. The Morgan fingerprint density at radius 1 is 1.58 bits per heavy atom. The summed E-state index contributed by atoms with van der Waals surface area (Å²) in [4.78, 5) is 0. The smallest absolute Gasteiger partial charge is 0.130 e. The van der Waals surface area contributed by atoms with Gasteiger partial charge in [0.05, 0.1) is 6.10 Å². The summed E-state index contributed by atoms with van der Waals surface area (Å²) in [6.45, 7) is 1.77. The van der Waals surface area contributed by atoms with Crippen LogP contribution in [0.25, 0.3) is 0 Å². The lowest BCUT2D eigenvalue weighted by molar-refractivity contribution is 0.169. The topological polar surface area (TPSA) is 20.2 Å². The Labute approximate surface area is 75.8 Å². The predicted molar refractivity (Wildman–Crippen MR) is 46.7 cm³/mol. The van der Waals surface area contributed by atoms with Gasteiger partial charge in [0.1, 0.15) is 5.82 Å². The maximum atomic E-state index is 13.0. The average Bonchev–Trinajstić information content (AvgIpc) is 2.03. The van der Waals surface area contributed by atoms with Crippen LogP contribution in [-0.2, 0) is 0 Å². The summed E-state index contributed by atoms with van der Waals surface area (Å²) in [7, 11) is 0. The summed E-state index contributed by atoms with van der Waals surface area (Å²) in [6.07, 6.45) is -0.348. The van der Waals surface area contributed by atoms with E-state index >= 15 is 0 Å². The third kappa shape index (κ3) is 1.76. The largest absolute Gasteiger partial charge is 0.388 e. The fourth-order valence-corrected chi connectivity index (χ4v) is 1.32. The van der Waals surface area contributed by atoms with Crippen LogP contribution in [0.1, 0.15) is 25.0 Å². The quantitative estimate of drug-likeness (QED) is 0.757. The summed E-state index contributed by atoms with van der Waals surface area (Å²) >= 11 is 5.70. The Bertz CT molecular complexity index is 255. The van der Waals surface area contributed by atoms with E-state index in [2.05, 4.69) is 0 Å². The number of aliphatic hydroxyl groups is 1. The number of rotatable bonds is 2. The van der Waals surface area contributed by atoms with Crippen molar-refractivity contribution in [2.24, 2.45) is 0 Å². The molecular formula is C9H10ClFO. The lowest BCUT2D eigenvalue weighted by Gasteiger charge is -2.10. The van der Waals surface area contributed by atoms with Gasteiger partial charge in [-0.25, -0.2) is 4.39 Å². The molecule has 0 bridgehead atoms. The first-order valence-corrected chi connectivity index (χ1v) is 4.16. The molecule has 0 spiro atoms. The van der Waals surface area contributed by atoms with Gasteiger partial charge >= 0.3 is 0 Å². The van der Waals surface area contributed by atoms with Crippen LogP contribution in [0, 0.1) is 5.82 Å². The molecule has 1 N–H and O–H groups in total. The number of halogens is 2. The van der Waals surface area contributed by atoms with E-state index in [0.29, 0.717) is 6.42 Å². The van der Waals surface area contributed by atoms with E-state index in [1.165, 1.54) is 12.1 Å². The van der Waals surface area contributed by atoms with Gasteiger partial charge < -0.3 is 5.11 Å². The van der Waals surface area contributed by atoms with Crippen LogP contribution in [-0.4, -0.2) is 5.11 Å². The van der Waals surface area contributed by atoms with Gasteiger partial charge in [0.15, 0.2) is 0 Å². The van der Waals surface area contributed by atoms with E-state index in [9.17, 15) is 9.50 Å². The molecule has 1 aromatic rings. The van der Waals surface area contributed by atoms with Crippen molar-refractivity contribution in [3.63, 3.8) is 0 Å². The minimum absolute atomic E-state index is 0.196. The lowest BCUT2D eigenvalue weighted by atomic mass is 10.1. The van der Waals surface area contributed by atoms with Crippen LogP contribution in [0.3, 0.4) is 0 Å². The normalized spacial score (nSPS) is 13.0. The molecule has 12 heavy (non-hydrogen) atoms. The molecule has 0 unspecified atom stereocenters. The highest BCUT2D eigenvalue weighted by molar-refractivity contribution is 6.31. The molecule has 0 aliphatic heterocycles. The molecule has 3 heteroatoms. The minimum Gasteiger partial charge on any atom is -0.388 e. The van der Waals surface area contributed by atoms with Crippen LogP contribution in [0.2, 0.25) is 5.02 Å². The van der Waals surface area contributed by atoms with E-state index in [-0.39, 0.29) is 10.6 Å². The summed E-state index contributed by atoms with van der Waals surface area (Å²) in [6, 6.07) is 4.38. The van der Waals surface area contributed by atoms with Crippen LogP contribution < -0.4 is 0 Å². The van der Waals surface area contributed by atoms with Crippen LogP contribution in [0.4, 0.5) is 4.39 Å². The van der Waals surface area contributed by atoms with Crippen LogP contribution >= 0.6 is 11.6 Å². The van der Waals surface area contributed by atoms with Gasteiger partial charge in [0.25, 0.3) is 0 Å². The van der Waals surface area contributed by atoms with Crippen molar-refractivity contribution in [2.45, 2.75) is 19.4 Å². The summed E-state index contributed by atoms with van der Waals surface area (Å²) in [5.74, 6) is -0.447. The van der Waals surface area contributed by atoms with Gasteiger partial charge in [-0.15, -0.1) is 0 Å². The Morgan fingerprint density at radius 3 is 2.75 bits per heavy atom. The Kier molecular flexibility index (Phi) is 3.06. The number of hydrogen-bond donors (Lipinski definition) is 1. The van der Waals surface area contributed by atoms with E-state index in [4.69, 9.17) is 11.6 Å². The monoisotopic (exact) mass is 188 g/mol. The third-order valence-corrected chi connectivity index (χ3v) is 2.05. The SMILES string of the molecule is CC[C@@H](O)c1c(F)cccc1Cl. The molecule has 0 heterocycles. The average molecular weight is 189 g/mol. The van der Waals surface area contributed by atoms with Crippen molar-refractivity contribution in [2.75, 3.05) is 0 Å². The highest BCUT2D eigenvalue weighted by Crippen LogP contribution is 2.27. The molecule has 1 aromatic carbocycles.